The first-order valence-electron chi connectivity index (χ1n) is 8.86. The van der Waals surface area contributed by atoms with Gasteiger partial charge in [0.1, 0.15) is 0 Å². The number of likely N-dealkylation sites (tertiary alicyclic amines) is 2. The fourth-order valence-electron chi connectivity index (χ4n) is 3.61. The van der Waals surface area contributed by atoms with E-state index in [9.17, 15) is 14.7 Å². The lowest BCUT2D eigenvalue weighted by atomic mass is 9.94. The van der Waals surface area contributed by atoms with Crippen molar-refractivity contribution in [2.75, 3.05) is 26.2 Å². The number of hydrogen-bond donors (Lipinski definition) is 2. The Morgan fingerprint density at radius 1 is 1.32 bits per heavy atom. The average Bonchev–Trinajstić information content (AvgIpc) is 3.10. The zero-order valence-electron chi connectivity index (χ0n) is 14.6. The number of amides is 2. The van der Waals surface area contributed by atoms with E-state index in [0.717, 1.165) is 25.2 Å². The van der Waals surface area contributed by atoms with Crippen molar-refractivity contribution in [2.24, 2.45) is 5.92 Å². The first kappa shape index (κ1) is 18.3. The van der Waals surface area contributed by atoms with Gasteiger partial charge in [-0.05, 0) is 19.3 Å². The summed E-state index contributed by atoms with van der Waals surface area (Å²) in [5.41, 5.74) is 2.84. The summed E-state index contributed by atoms with van der Waals surface area (Å²) in [5.74, 6) is 0.0257. The number of carbonyl (C=O) groups is 2. The summed E-state index contributed by atoms with van der Waals surface area (Å²) in [6, 6.07) is -0.190. The molecule has 1 aromatic rings. The van der Waals surface area contributed by atoms with Gasteiger partial charge in [-0.1, -0.05) is 0 Å². The highest BCUT2D eigenvalue weighted by atomic mass is 32.1. The number of piperidine rings is 2. The van der Waals surface area contributed by atoms with Gasteiger partial charge in [-0.2, -0.15) is 0 Å². The van der Waals surface area contributed by atoms with Gasteiger partial charge in [-0.25, -0.2) is 4.98 Å². The van der Waals surface area contributed by atoms with Gasteiger partial charge < -0.3 is 15.3 Å². The van der Waals surface area contributed by atoms with Crippen LogP contribution < -0.4 is 5.32 Å². The molecule has 2 amide bonds. The van der Waals surface area contributed by atoms with E-state index in [-0.39, 0.29) is 23.8 Å². The summed E-state index contributed by atoms with van der Waals surface area (Å²) >= 11 is 1.57. The number of hydrogen-bond acceptors (Lipinski definition) is 6. The number of aromatic nitrogens is 1. The van der Waals surface area contributed by atoms with Gasteiger partial charge >= 0.3 is 0 Å². The molecule has 2 fully saturated rings. The number of nitrogens with zero attached hydrogens (tertiary/aromatic N) is 3. The molecule has 8 heteroatoms. The molecular weight excluding hydrogens is 340 g/mol. The van der Waals surface area contributed by atoms with Crippen LogP contribution in [-0.4, -0.2) is 70.0 Å². The highest BCUT2D eigenvalue weighted by Gasteiger charge is 2.32. The maximum absolute atomic E-state index is 12.5. The van der Waals surface area contributed by atoms with E-state index < -0.39 is 6.10 Å². The van der Waals surface area contributed by atoms with Crippen LogP contribution in [0.25, 0.3) is 0 Å². The van der Waals surface area contributed by atoms with E-state index in [2.05, 4.69) is 15.2 Å². The molecule has 0 bridgehead atoms. The molecule has 0 unspecified atom stereocenters. The van der Waals surface area contributed by atoms with E-state index >= 15 is 0 Å². The topological polar surface area (TPSA) is 85.8 Å². The van der Waals surface area contributed by atoms with Crippen LogP contribution in [0, 0.1) is 5.92 Å². The Bertz CT molecular complexity index is 587. The molecule has 0 saturated carbocycles. The highest BCUT2D eigenvalue weighted by molar-refractivity contribution is 7.07. The van der Waals surface area contributed by atoms with Crippen LogP contribution in [0.15, 0.2) is 10.9 Å². The molecule has 1 aromatic heterocycles. The fraction of sp³-hybridized carbons (Fsp3) is 0.706. The molecule has 3 heterocycles. The highest BCUT2D eigenvalue weighted by Crippen LogP contribution is 2.20. The van der Waals surface area contributed by atoms with E-state index in [1.807, 2.05) is 10.9 Å². The van der Waals surface area contributed by atoms with Crippen LogP contribution in [0.4, 0.5) is 0 Å². The second kappa shape index (κ2) is 8.25. The maximum atomic E-state index is 12.5. The van der Waals surface area contributed by atoms with Crippen molar-refractivity contribution in [3.8, 4) is 0 Å². The third-order valence-corrected chi connectivity index (χ3v) is 5.81. The summed E-state index contributed by atoms with van der Waals surface area (Å²) in [7, 11) is 0. The van der Waals surface area contributed by atoms with Crippen LogP contribution in [0.5, 0.6) is 0 Å². The number of β-amino-alcohol motifs (C(OH)–C–C–N with tert-alkyl or cyclic N) is 1. The van der Waals surface area contributed by atoms with Gasteiger partial charge in [0, 0.05) is 50.9 Å². The van der Waals surface area contributed by atoms with Gasteiger partial charge in [0.2, 0.25) is 11.8 Å². The van der Waals surface area contributed by atoms with Gasteiger partial charge in [0.15, 0.2) is 0 Å². The van der Waals surface area contributed by atoms with Crippen molar-refractivity contribution in [1.29, 1.82) is 0 Å². The number of carbonyl (C=O) groups excluding carboxylic acids is 2. The average molecular weight is 366 g/mol. The molecular formula is C17H26N4O3S. The van der Waals surface area contributed by atoms with Crippen molar-refractivity contribution in [3.05, 3.63) is 16.6 Å². The standard InChI is InChI=1S/C17H26N4O3S/c1-12(22)21-6-2-13(3-7-21)17(24)19-15-4-5-20(9-16(15)23)8-14-10-25-11-18-14/h10-11,13,15-16,23H,2-9H2,1H3,(H,19,24)/t15-,16-/m1/s1. The molecule has 138 valence electrons. The molecule has 2 N–H and O–H groups in total. The minimum absolute atomic E-state index is 0.0141. The second-order valence-corrected chi connectivity index (χ2v) is 7.69. The normalized spacial score (nSPS) is 25.8. The SMILES string of the molecule is CC(=O)N1CCC(C(=O)N[C@@H]2CCN(Cc3cscn3)C[C@H]2O)CC1. The fourth-order valence-corrected chi connectivity index (χ4v) is 4.16. The Labute approximate surface area is 152 Å². The lowest BCUT2D eigenvalue weighted by Gasteiger charge is -2.37. The molecule has 2 atom stereocenters. The first-order chi connectivity index (χ1) is 12.0. The maximum Gasteiger partial charge on any atom is 0.223 e. The zero-order valence-corrected chi connectivity index (χ0v) is 15.4. The van der Waals surface area contributed by atoms with E-state index in [0.29, 0.717) is 32.5 Å². The van der Waals surface area contributed by atoms with Crippen LogP contribution in [0.1, 0.15) is 31.9 Å². The first-order valence-corrected chi connectivity index (χ1v) is 9.80. The zero-order chi connectivity index (χ0) is 17.8. The van der Waals surface area contributed by atoms with E-state index in [1.54, 1.807) is 23.2 Å². The number of rotatable bonds is 4. The largest absolute Gasteiger partial charge is 0.390 e. The Hall–Kier alpha value is -1.51. The Kier molecular flexibility index (Phi) is 6.03. The summed E-state index contributed by atoms with van der Waals surface area (Å²) in [6.07, 6.45) is 1.58. The number of aliphatic hydroxyl groups is 1. The van der Waals surface area contributed by atoms with Gasteiger partial charge in [-0.3, -0.25) is 14.5 Å². The van der Waals surface area contributed by atoms with Crippen LogP contribution >= 0.6 is 11.3 Å². The van der Waals surface area contributed by atoms with Crippen molar-refractivity contribution < 1.29 is 14.7 Å². The summed E-state index contributed by atoms with van der Waals surface area (Å²) in [4.78, 5) is 32.1. The minimum Gasteiger partial charge on any atom is -0.390 e. The molecule has 2 aliphatic heterocycles. The predicted octanol–water partition coefficient (Wildman–Crippen LogP) is 0.453. The summed E-state index contributed by atoms with van der Waals surface area (Å²) in [5, 5.41) is 15.5. The third-order valence-electron chi connectivity index (χ3n) is 5.17. The predicted molar refractivity (Wildman–Crippen MR) is 94.9 cm³/mol. The number of aliphatic hydroxyl groups excluding tert-OH is 1. The Balaban J connectivity index is 1.44. The molecule has 0 radical (unpaired) electrons. The molecule has 7 nitrogen and oxygen atoms in total. The molecule has 0 spiro atoms. The minimum atomic E-state index is -0.561. The third kappa shape index (κ3) is 4.77. The summed E-state index contributed by atoms with van der Waals surface area (Å²) in [6.45, 7) is 4.97. The van der Waals surface area contributed by atoms with Crippen LogP contribution in [-0.2, 0) is 16.1 Å². The van der Waals surface area contributed by atoms with Crippen molar-refractivity contribution >= 4 is 23.2 Å². The quantitative estimate of drug-likeness (QED) is 0.808. The van der Waals surface area contributed by atoms with E-state index in [1.165, 1.54) is 0 Å². The Morgan fingerprint density at radius 3 is 2.68 bits per heavy atom. The smallest absolute Gasteiger partial charge is 0.223 e. The van der Waals surface area contributed by atoms with Gasteiger partial charge in [0.05, 0.1) is 23.4 Å². The van der Waals surface area contributed by atoms with Crippen LogP contribution in [0.3, 0.4) is 0 Å². The molecule has 0 aliphatic carbocycles. The monoisotopic (exact) mass is 366 g/mol. The molecule has 25 heavy (non-hydrogen) atoms. The number of nitrogens with one attached hydrogen (secondary N) is 1. The molecule has 2 aliphatic rings. The second-order valence-electron chi connectivity index (χ2n) is 6.97. The number of thiazole rings is 1. The van der Waals surface area contributed by atoms with Crippen LogP contribution in [0.2, 0.25) is 0 Å². The lowest BCUT2D eigenvalue weighted by Crippen LogP contribution is -2.55. The molecule has 2 saturated heterocycles. The van der Waals surface area contributed by atoms with Gasteiger partial charge in [-0.15, -0.1) is 11.3 Å². The Morgan fingerprint density at radius 2 is 2.08 bits per heavy atom. The lowest BCUT2D eigenvalue weighted by molar-refractivity contribution is -0.134. The van der Waals surface area contributed by atoms with Crippen molar-refractivity contribution in [2.45, 2.75) is 44.9 Å². The molecule has 0 aromatic carbocycles. The van der Waals surface area contributed by atoms with Crippen molar-refractivity contribution in [1.82, 2.24) is 20.1 Å². The molecule has 3 rings (SSSR count). The summed E-state index contributed by atoms with van der Waals surface area (Å²) < 4.78 is 0. The van der Waals surface area contributed by atoms with Gasteiger partial charge in [0.25, 0.3) is 0 Å². The van der Waals surface area contributed by atoms with Crippen molar-refractivity contribution in [3.63, 3.8) is 0 Å². The van der Waals surface area contributed by atoms with E-state index in [4.69, 9.17) is 0 Å².